The Kier molecular flexibility index (Phi) is 3.68. The summed E-state index contributed by atoms with van der Waals surface area (Å²) in [6, 6.07) is 15.5. The van der Waals surface area contributed by atoms with Crippen LogP contribution in [0.4, 0.5) is 5.69 Å². The van der Waals surface area contributed by atoms with Gasteiger partial charge in [-0.1, -0.05) is 36.4 Å². The number of fused-ring (bicyclic) bond motifs is 1. The summed E-state index contributed by atoms with van der Waals surface area (Å²) in [5, 5.41) is 3.32. The first-order valence-electron chi connectivity index (χ1n) is 6.91. The molecule has 0 bridgehead atoms. The number of esters is 1. The van der Waals surface area contributed by atoms with Crippen molar-refractivity contribution < 1.29 is 9.53 Å². The Morgan fingerprint density at radius 1 is 1.10 bits per heavy atom. The van der Waals surface area contributed by atoms with E-state index in [1.807, 2.05) is 48.5 Å². The third-order valence-electron chi connectivity index (χ3n) is 3.53. The molecule has 0 amide bonds. The van der Waals surface area contributed by atoms with E-state index in [1.54, 1.807) is 0 Å². The Morgan fingerprint density at radius 3 is 2.80 bits per heavy atom. The molecule has 3 heteroatoms. The molecule has 0 aliphatic carbocycles. The number of benzene rings is 2. The summed E-state index contributed by atoms with van der Waals surface area (Å²) in [5.41, 5.74) is 3.83. The van der Waals surface area contributed by atoms with Crippen molar-refractivity contribution in [3.8, 4) is 0 Å². The van der Waals surface area contributed by atoms with E-state index in [-0.39, 0.29) is 5.97 Å². The first-order valence-corrected chi connectivity index (χ1v) is 6.91. The molecular formula is C17H17NO2. The van der Waals surface area contributed by atoms with E-state index in [4.69, 9.17) is 4.74 Å². The van der Waals surface area contributed by atoms with Crippen molar-refractivity contribution in [3.63, 3.8) is 0 Å². The minimum absolute atomic E-state index is 0.241. The molecule has 0 saturated heterocycles. The lowest BCUT2D eigenvalue weighted by Gasteiger charge is -2.20. The van der Waals surface area contributed by atoms with Crippen LogP contribution < -0.4 is 5.32 Å². The van der Waals surface area contributed by atoms with Gasteiger partial charge in [-0.25, -0.2) is 4.79 Å². The summed E-state index contributed by atoms with van der Waals surface area (Å²) in [6.07, 6.45) is 1.98. The third kappa shape index (κ3) is 2.67. The molecule has 2 aromatic rings. The average molecular weight is 267 g/mol. The second kappa shape index (κ2) is 5.78. The van der Waals surface area contributed by atoms with E-state index < -0.39 is 0 Å². The predicted octanol–water partition coefficient (Wildman–Crippen LogP) is 3.40. The molecule has 0 saturated carbocycles. The number of anilines is 1. The number of ether oxygens (including phenoxy) is 1. The second-order valence-electron chi connectivity index (χ2n) is 4.92. The highest BCUT2D eigenvalue weighted by Crippen LogP contribution is 2.25. The number of carbonyl (C=O) groups is 1. The van der Waals surface area contributed by atoms with Gasteiger partial charge in [0.15, 0.2) is 0 Å². The molecule has 0 aromatic heterocycles. The van der Waals surface area contributed by atoms with Gasteiger partial charge in [-0.3, -0.25) is 0 Å². The first kappa shape index (κ1) is 12.7. The number of rotatable bonds is 3. The maximum absolute atomic E-state index is 12.2. The van der Waals surface area contributed by atoms with E-state index in [2.05, 4.69) is 5.32 Å². The Morgan fingerprint density at radius 2 is 1.95 bits per heavy atom. The molecule has 0 spiro atoms. The highest BCUT2D eigenvalue weighted by atomic mass is 16.5. The van der Waals surface area contributed by atoms with E-state index >= 15 is 0 Å². The monoisotopic (exact) mass is 267 g/mol. The Balaban J connectivity index is 1.74. The molecule has 1 N–H and O–H groups in total. The molecule has 1 heterocycles. The largest absolute Gasteiger partial charge is 0.457 e. The molecule has 3 rings (SSSR count). The quantitative estimate of drug-likeness (QED) is 0.866. The van der Waals surface area contributed by atoms with Crippen LogP contribution in [0.15, 0.2) is 48.5 Å². The molecule has 0 fully saturated rings. The van der Waals surface area contributed by atoms with Crippen LogP contribution in [-0.4, -0.2) is 12.5 Å². The van der Waals surface area contributed by atoms with Crippen molar-refractivity contribution in [3.05, 3.63) is 65.2 Å². The highest BCUT2D eigenvalue weighted by molar-refractivity contribution is 5.93. The third-order valence-corrected chi connectivity index (χ3v) is 3.53. The number of hydrogen-bond donors (Lipinski definition) is 1. The van der Waals surface area contributed by atoms with Crippen molar-refractivity contribution in [2.75, 3.05) is 11.9 Å². The fourth-order valence-corrected chi connectivity index (χ4v) is 2.50. The normalized spacial score (nSPS) is 13.2. The zero-order valence-corrected chi connectivity index (χ0v) is 11.3. The molecule has 0 unspecified atom stereocenters. The van der Waals surface area contributed by atoms with Gasteiger partial charge in [0.25, 0.3) is 0 Å². The molecular weight excluding hydrogens is 250 g/mol. The molecule has 1 aliphatic rings. The lowest BCUT2D eigenvalue weighted by molar-refractivity contribution is 0.0471. The molecule has 1 aliphatic heterocycles. The van der Waals surface area contributed by atoms with Gasteiger partial charge in [-0.05, 0) is 36.1 Å². The van der Waals surface area contributed by atoms with Crippen molar-refractivity contribution >= 4 is 11.7 Å². The molecule has 0 radical (unpaired) electrons. The summed E-state index contributed by atoms with van der Waals surface area (Å²) in [7, 11) is 0. The van der Waals surface area contributed by atoms with Crippen molar-refractivity contribution in [1.29, 1.82) is 0 Å². The zero-order chi connectivity index (χ0) is 13.8. The average Bonchev–Trinajstić information content (AvgIpc) is 2.53. The highest BCUT2D eigenvalue weighted by Gasteiger charge is 2.18. The van der Waals surface area contributed by atoms with Crippen molar-refractivity contribution in [2.24, 2.45) is 0 Å². The molecule has 3 nitrogen and oxygen atoms in total. The Labute approximate surface area is 118 Å². The van der Waals surface area contributed by atoms with Crippen LogP contribution in [0.1, 0.15) is 27.9 Å². The van der Waals surface area contributed by atoms with Gasteiger partial charge < -0.3 is 10.1 Å². The Hall–Kier alpha value is -2.29. The van der Waals surface area contributed by atoms with Gasteiger partial charge >= 0.3 is 5.97 Å². The summed E-state index contributed by atoms with van der Waals surface area (Å²) in [4.78, 5) is 12.2. The van der Waals surface area contributed by atoms with Crippen LogP contribution in [0.2, 0.25) is 0 Å². The summed E-state index contributed by atoms with van der Waals surface area (Å²) in [5.74, 6) is -0.241. The molecule has 2 aromatic carbocycles. The fourth-order valence-electron chi connectivity index (χ4n) is 2.50. The van der Waals surface area contributed by atoms with Gasteiger partial charge in [-0.2, -0.15) is 0 Å². The van der Waals surface area contributed by atoms with Gasteiger partial charge in [0.1, 0.15) is 6.61 Å². The van der Waals surface area contributed by atoms with Gasteiger partial charge in [-0.15, -0.1) is 0 Å². The van der Waals surface area contributed by atoms with E-state index in [1.165, 1.54) is 0 Å². The molecule has 102 valence electrons. The van der Waals surface area contributed by atoms with Gasteiger partial charge in [0.2, 0.25) is 0 Å². The lowest BCUT2D eigenvalue weighted by Crippen LogP contribution is -2.16. The van der Waals surface area contributed by atoms with Gasteiger partial charge in [0, 0.05) is 12.2 Å². The van der Waals surface area contributed by atoms with E-state index in [9.17, 15) is 4.79 Å². The van der Waals surface area contributed by atoms with Crippen LogP contribution in [0.3, 0.4) is 0 Å². The lowest BCUT2D eigenvalue weighted by atomic mass is 9.98. The first-order chi connectivity index (χ1) is 9.84. The number of nitrogens with one attached hydrogen (secondary N) is 1. The second-order valence-corrected chi connectivity index (χ2v) is 4.92. The summed E-state index contributed by atoms with van der Waals surface area (Å²) in [6.45, 7) is 1.28. The van der Waals surface area contributed by atoms with E-state index in [0.717, 1.165) is 36.2 Å². The number of carbonyl (C=O) groups excluding carboxylic acids is 1. The smallest absolute Gasteiger partial charge is 0.338 e. The SMILES string of the molecule is O=C(OCc1ccccc1)c1cccc2c1CCCN2. The topological polar surface area (TPSA) is 38.3 Å². The molecule has 20 heavy (non-hydrogen) atoms. The van der Waals surface area contributed by atoms with E-state index in [0.29, 0.717) is 12.2 Å². The summed E-state index contributed by atoms with van der Waals surface area (Å²) >= 11 is 0. The van der Waals surface area contributed by atoms with Crippen LogP contribution >= 0.6 is 0 Å². The predicted molar refractivity (Wildman–Crippen MR) is 78.8 cm³/mol. The van der Waals surface area contributed by atoms with Crippen LogP contribution in [0, 0.1) is 0 Å². The minimum Gasteiger partial charge on any atom is -0.457 e. The Bertz CT molecular complexity index is 608. The van der Waals surface area contributed by atoms with Crippen LogP contribution in [0.25, 0.3) is 0 Å². The maximum atomic E-state index is 12.2. The fraction of sp³-hybridized carbons (Fsp3) is 0.235. The van der Waals surface area contributed by atoms with Crippen LogP contribution in [-0.2, 0) is 17.8 Å². The standard InChI is InChI=1S/C17H17NO2/c19-17(20-12-13-6-2-1-3-7-13)15-8-4-10-16-14(15)9-5-11-18-16/h1-4,6-8,10,18H,5,9,11-12H2. The van der Waals surface area contributed by atoms with Crippen LogP contribution in [0.5, 0.6) is 0 Å². The minimum atomic E-state index is -0.241. The molecule has 0 atom stereocenters. The van der Waals surface area contributed by atoms with Gasteiger partial charge in [0.05, 0.1) is 5.56 Å². The van der Waals surface area contributed by atoms with Crippen molar-refractivity contribution in [1.82, 2.24) is 0 Å². The number of hydrogen-bond acceptors (Lipinski definition) is 3. The van der Waals surface area contributed by atoms with Crippen molar-refractivity contribution in [2.45, 2.75) is 19.4 Å². The maximum Gasteiger partial charge on any atom is 0.338 e. The zero-order valence-electron chi connectivity index (χ0n) is 11.3. The summed E-state index contributed by atoms with van der Waals surface area (Å²) < 4.78 is 5.41.